The molecule has 55 valence electrons. The minimum absolute atomic E-state index is 0.203. The largest absolute Gasteiger partial charge is 0.327 e. The van der Waals surface area contributed by atoms with Gasteiger partial charge in [0, 0.05) is 0 Å². The van der Waals surface area contributed by atoms with Crippen molar-refractivity contribution in [2.24, 2.45) is 0 Å². The Balaban J connectivity index is 3.90. The second-order valence-corrected chi connectivity index (χ2v) is 3.19. The summed E-state index contributed by atoms with van der Waals surface area (Å²) in [6.07, 6.45) is 0.161. The lowest BCUT2D eigenvalue weighted by Gasteiger charge is -1.97. The summed E-state index contributed by atoms with van der Waals surface area (Å²) in [7, 11) is -4.68. The molecule has 0 heterocycles. The Morgan fingerprint density at radius 2 is 2.00 bits per heavy atom. The first-order valence-electron chi connectivity index (χ1n) is 2.57. The van der Waals surface area contributed by atoms with Gasteiger partial charge in [0.05, 0.1) is 0 Å². The monoisotopic (exact) mass is 155 g/mol. The second kappa shape index (κ2) is 3.12. The molecule has 0 bridgehead atoms. The number of hydrogen-bond donors (Lipinski definition) is 0. The van der Waals surface area contributed by atoms with Gasteiger partial charge >= 0.3 is 10.1 Å². The number of halogens is 1. The Kier molecular flexibility index (Phi) is 3.07. The van der Waals surface area contributed by atoms with Gasteiger partial charge in [0.2, 0.25) is 5.50 Å². The Morgan fingerprint density at radius 1 is 1.56 bits per heavy atom. The van der Waals surface area contributed by atoms with E-state index in [9.17, 15) is 17.4 Å². The average Bonchev–Trinajstić information content (AvgIpc) is 1.64. The highest BCUT2D eigenvalue weighted by Gasteiger charge is 2.21. The van der Waals surface area contributed by atoms with Gasteiger partial charge in [-0.15, -0.1) is 0 Å². The third-order valence-corrected chi connectivity index (χ3v) is 1.69. The lowest BCUT2D eigenvalue weighted by atomic mass is 10.4. The van der Waals surface area contributed by atoms with E-state index >= 15 is 0 Å². The molecule has 5 heteroatoms. The van der Waals surface area contributed by atoms with Crippen LogP contribution in [0.4, 0.5) is 4.39 Å². The highest BCUT2D eigenvalue weighted by atomic mass is 32.2. The minimum atomic E-state index is -4.68. The van der Waals surface area contributed by atoms with Gasteiger partial charge in [0.1, 0.15) is 0 Å². The maximum Gasteiger partial charge on any atom is 0.327 e. The van der Waals surface area contributed by atoms with Crippen LogP contribution in [0.25, 0.3) is 0 Å². The van der Waals surface area contributed by atoms with E-state index in [2.05, 4.69) is 0 Å². The standard InChI is InChI=1S/C4H8FO3S/c1-2-3-4(5)9(6,7)8/h4H,2-3H2,1H3. The quantitative estimate of drug-likeness (QED) is 0.606. The van der Waals surface area contributed by atoms with Gasteiger partial charge in [-0.1, -0.05) is 17.9 Å². The number of alkyl halides is 1. The fourth-order valence-electron chi connectivity index (χ4n) is 0.371. The smallest absolute Gasteiger partial charge is 0.227 e. The fourth-order valence-corrected chi connectivity index (χ4v) is 0.896. The Hall–Kier alpha value is -0.160. The molecule has 0 N–H and O–H groups in total. The van der Waals surface area contributed by atoms with Gasteiger partial charge in [-0.25, -0.2) is 4.39 Å². The van der Waals surface area contributed by atoms with Crippen LogP contribution in [-0.2, 0) is 14.7 Å². The summed E-state index contributed by atoms with van der Waals surface area (Å²) in [6.45, 7) is 1.61. The minimum Gasteiger partial charge on any atom is -0.227 e. The molecule has 0 aliphatic rings. The molecule has 0 spiro atoms. The van der Waals surface area contributed by atoms with Crippen LogP contribution in [0.15, 0.2) is 0 Å². The lowest BCUT2D eigenvalue weighted by molar-refractivity contribution is 0.328. The molecule has 3 nitrogen and oxygen atoms in total. The van der Waals surface area contributed by atoms with Gasteiger partial charge in [0.25, 0.3) is 0 Å². The highest BCUT2D eigenvalue weighted by molar-refractivity contribution is 7.86. The highest BCUT2D eigenvalue weighted by Crippen LogP contribution is 2.07. The number of rotatable bonds is 3. The van der Waals surface area contributed by atoms with Crippen LogP contribution in [0.2, 0.25) is 0 Å². The van der Waals surface area contributed by atoms with Gasteiger partial charge in [-0.3, -0.25) is 0 Å². The fraction of sp³-hybridized carbons (Fsp3) is 1.00. The van der Waals surface area contributed by atoms with Crippen LogP contribution >= 0.6 is 0 Å². The second-order valence-electron chi connectivity index (χ2n) is 1.69. The third kappa shape index (κ3) is 3.42. The summed E-state index contributed by atoms with van der Waals surface area (Å²) in [6, 6.07) is 0. The van der Waals surface area contributed by atoms with E-state index in [4.69, 9.17) is 0 Å². The topological polar surface area (TPSA) is 54.0 Å². The molecule has 1 atom stereocenters. The van der Waals surface area contributed by atoms with E-state index in [1.165, 1.54) is 0 Å². The van der Waals surface area contributed by atoms with Crippen LogP contribution in [0.3, 0.4) is 0 Å². The Morgan fingerprint density at radius 3 is 2.11 bits per heavy atom. The van der Waals surface area contributed by atoms with Crippen molar-refractivity contribution in [3.63, 3.8) is 0 Å². The van der Waals surface area contributed by atoms with Crippen molar-refractivity contribution in [1.29, 1.82) is 0 Å². The molecule has 0 aromatic rings. The summed E-state index contributed by atoms with van der Waals surface area (Å²) in [5.41, 5.74) is -2.22. The maximum absolute atomic E-state index is 12.0. The number of hydrogen-bond acceptors (Lipinski definition) is 2. The maximum atomic E-state index is 12.0. The van der Waals surface area contributed by atoms with Crippen molar-refractivity contribution in [2.75, 3.05) is 0 Å². The van der Waals surface area contributed by atoms with Crippen LogP contribution in [0.1, 0.15) is 19.8 Å². The normalized spacial score (nSPS) is 15.4. The summed E-state index contributed by atoms with van der Waals surface area (Å²) >= 11 is 0. The molecule has 0 rings (SSSR count). The van der Waals surface area contributed by atoms with Crippen molar-refractivity contribution < 1.29 is 17.4 Å². The molecule has 0 saturated carbocycles. The molecule has 0 aromatic heterocycles. The molecular weight excluding hydrogens is 147 g/mol. The van der Waals surface area contributed by atoms with Crippen LogP contribution in [0.5, 0.6) is 0 Å². The first-order chi connectivity index (χ1) is 3.98. The molecule has 0 aliphatic heterocycles. The van der Waals surface area contributed by atoms with Gasteiger partial charge in [0.15, 0.2) is 0 Å². The van der Waals surface area contributed by atoms with E-state index in [-0.39, 0.29) is 6.42 Å². The van der Waals surface area contributed by atoms with E-state index in [0.717, 1.165) is 0 Å². The van der Waals surface area contributed by atoms with E-state index in [1.807, 2.05) is 0 Å². The molecule has 0 fully saturated rings. The van der Waals surface area contributed by atoms with Crippen molar-refractivity contribution in [3.8, 4) is 0 Å². The first kappa shape index (κ1) is 8.84. The predicted octanol–water partition coefficient (Wildman–Crippen LogP) is 0.842. The van der Waals surface area contributed by atoms with Crippen molar-refractivity contribution in [2.45, 2.75) is 25.3 Å². The lowest BCUT2D eigenvalue weighted by Crippen LogP contribution is -2.12. The van der Waals surface area contributed by atoms with Gasteiger partial charge in [-0.2, -0.15) is 8.42 Å². The molecule has 0 aromatic carbocycles. The summed E-state index contributed by atoms with van der Waals surface area (Å²) in [5.74, 6) is 0. The molecule has 0 aliphatic carbocycles. The zero-order valence-electron chi connectivity index (χ0n) is 5.00. The summed E-state index contributed by atoms with van der Waals surface area (Å²) in [5, 5.41) is 0. The zero-order valence-corrected chi connectivity index (χ0v) is 5.82. The van der Waals surface area contributed by atoms with Crippen molar-refractivity contribution in [1.82, 2.24) is 0 Å². The van der Waals surface area contributed by atoms with Crippen LogP contribution in [0, 0.1) is 0 Å². The van der Waals surface area contributed by atoms with Crippen LogP contribution in [-0.4, -0.2) is 13.9 Å². The van der Waals surface area contributed by atoms with Crippen molar-refractivity contribution in [3.05, 3.63) is 0 Å². The third-order valence-electron chi connectivity index (χ3n) is 0.829. The Labute approximate surface area is 53.6 Å². The van der Waals surface area contributed by atoms with E-state index in [0.29, 0.717) is 6.42 Å². The van der Waals surface area contributed by atoms with E-state index in [1.54, 1.807) is 6.92 Å². The van der Waals surface area contributed by atoms with Crippen LogP contribution < -0.4 is 0 Å². The zero-order chi connectivity index (χ0) is 7.49. The molecule has 1 unspecified atom stereocenters. The first-order valence-corrected chi connectivity index (χ1v) is 4.04. The SMILES string of the molecule is CCCC(F)S([O])(=O)=O. The van der Waals surface area contributed by atoms with Gasteiger partial charge in [-0.05, 0) is 6.42 Å². The molecule has 0 saturated heterocycles. The molecular formula is C4H8FO3S. The predicted molar refractivity (Wildman–Crippen MR) is 29.4 cm³/mol. The van der Waals surface area contributed by atoms with Gasteiger partial charge < -0.3 is 0 Å². The summed E-state index contributed by atoms with van der Waals surface area (Å²) in [4.78, 5) is 0. The molecule has 0 amide bonds. The average molecular weight is 155 g/mol. The van der Waals surface area contributed by atoms with E-state index < -0.39 is 15.6 Å². The Bertz CT molecular complexity index is 163. The summed E-state index contributed by atoms with van der Waals surface area (Å²) < 4.78 is 41.4. The molecule has 9 heavy (non-hydrogen) atoms. The molecule has 1 radical (unpaired) electrons. The van der Waals surface area contributed by atoms with Crippen molar-refractivity contribution >= 4 is 10.1 Å².